The highest BCUT2D eigenvalue weighted by molar-refractivity contribution is 7.92. The first-order chi connectivity index (χ1) is 17.6. The summed E-state index contributed by atoms with van der Waals surface area (Å²) in [5.74, 6) is 0.289. The smallest absolute Gasteiger partial charge is 0.243 e. The molecule has 0 aromatic heterocycles. The maximum atomic E-state index is 13.6. The van der Waals surface area contributed by atoms with E-state index in [0.717, 1.165) is 16.7 Å². The Morgan fingerprint density at radius 1 is 1.03 bits per heavy atom. The van der Waals surface area contributed by atoms with Crippen molar-refractivity contribution in [2.75, 3.05) is 24.2 Å². The SMILES string of the molecule is CCC(C(=O)NC(C)(C)C)N(Cc1ccc(OC)cc1)C(=O)CCCN(c1cc(C)cc(C)c1)S(C)(=O)=O. The molecule has 0 fully saturated rings. The lowest BCUT2D eigenvalue weighted by Crippen LogP contribution is -2.53. The number of nitrogens with zero attached hydrogens (tertiary/aromatic N) is 2. The van der Waals surface area contributed by atoms with E-state index in [9.17, 15) is 18.0 Å². The number of aryl methyl sites for hydroxylation is 2. The third-order valence-electron chi connectivity index (χ3n) is 6.04. The Labute approximate surface area is 228 Å². The summed E-state index contributed by atoms with van der Waals surface area (Å²) in [6, 6.07) is 12.4. The van der Waals surface area contributed by atoms with Gasteiger partial charge in [0.05, 0.1) is 19.1 Å². The molecular weight excluding hydrogens is 502 g/mol. The summed E-state index contributed by atoms with van der Waals surface area (Å²) in [6.07, 6.45) is 2.04. The van der Waals surface area contributed by atoms with E-state index in [2.05, 4.69) is 5.32 Å². The highest BCUT2D eigenvalue weighted by Gasteiger charge is 2.30. The van der Waals surface area contributed by atoms with Crippen molar-refractivity contribution >= 4 is 27.5 Å². The summed E-state index contributed by atoms with van der Waals surface area (Å²) < 4.78 is 31.8. The minimum atomic E-state index is -3.55. The van der Waals surface area contributed by atoms with Crippen LogP contribution in [0.2, 0.25) is 0 Å². The fourth-order valence-corrected chi connectivity index (χ4v) is 5.35. The maximum absolute atomic E-state index is 13.6. The molecule has 9 heteroatoms. The summed E-state index contributed by atoms with van der Waals surface area (Å²) in [4.78, 5) is 28.3. The van der Waals surface area contributed by atoms with Gasteiger partial charge in [-0.15, -0.1) is 0 Å². The van der Waals surface area contributed by atoms with Crippen molar-refractivity contribution in [3.8, 4) is 5.75 Å². The van der Waals surface area contributed by atoms with Crippen LogP contribution in [0.5, 0.6) is 5.75 Å². The van der Waals surface area contributed by atoms with E-state index in [-0.39, 0.29) is 31.3 Å². The van der Waals surface area contributed by atoms with Gasteiger partial charge in [-0.05, 0) is 88.4 Å². The number of benzene rings is 2. The standard InChI is InChI=1S/C29H43N3O5S/c1-9-26(28(34)30-29(4,5)6)31(20-23-12-14-25(37-7)15-13-23)27(33)11-10-16-32(38(8,35)36)24-18-21(2)17-22(3)19-24/h12-15,17-19,26H,9-11,16,20H2,1-8H3,(H,30,34). The van der Waals surface area contributed by atoms with Gasteiger partial charge in [0, 0.05) is 25.0 Å². The molecule has 2 aromatic carbocycles. The minimum absolute atomic E-state index is 0.103. The van der Waals surface area contributed by atoms with Gasteiger partial charge in [-0.25, -0.2) is 8.42 Å². The molecule has 0 aliphatic rings. The molecule has 0 aliphatic heterocycles. The van der Waals surface area contributed by atoms with Crippen LogP contribution in [0.1, 0.15) is 63.6 Å². The van der Waals surface area contributed by atoms with E-state index in [0.29, 0.717) is 24.3 Å². The Bertz CT molecular complexity index is 1180. The zero-order valence-electron chi connectivity index (χ0n) is 24.0. The number of hydrogen-bond acceptors (Lipinski definition) is 5. The largest absolute Gasteiger partial charge is 0.497 e. The molecular formula is C29H43N3O5S. The molecule has 2 aromatic rings. The van der Waals surface area contributed by atoms with Crippen LogP contribution in [0.3, 0.4) is 0 Å². The Balaban J connectivity index is 2.27. The second-order valence-electron chi connectivity index (χ2n) is 10.8. The van der Waals surface area contributed by atoms with Gasteiger partial charge >= 0.3 is 0 Å². The lowest BCUT2D eigenvalue weighted by Gasteiger charge is -2.33. The summed E-state index contributed by atoms with van der Waals surface area (Å²) in [7, 11) is -1.96. The number of nitrogens with one attached hydrogen (secondary N) is 1. The number of rotatable bonds is 12. The fourth-order valence-electron chi connectivity index (χ4n) is 4.40. The Morgan fingerprint density at radius 2 is 1.61 bits per heavy atom. The molecule has 2 amide bonds. The number of ether oxygens (including phenoxy) is 1. The average Bonchev–Trinajstić information content (AvgIpc) is 2.79. The monoisotopic (exact) mass is 545 g/mol. The highest BCUT2D eigenvalue weighted by atomic mass is 32.2. The van der Waals surface area contributed by atoms with Crippen LogP contribution in [-0.2, 0) is 26.2 Å². The number of anilines is 1. The molecule has 8 nitrogen and oxygen atoms in total. The first kappa shape index (κ1) is 31.1. The molecule has 2 rings (SSSR count). The molecule has 0 radical (unpaired) electrons. The predicted octanol–water partition coefficient (Wildman–Crippen LogP) is 4.58. The van der Waals surface area contributed by atoms with Crippen LogP contribution >= 0.6 is 0 Å². The Morgan fingerprint density at radius 3 is 2.08 bits per heavy atom. The van der Waals surface area contributed by atoms with Crippen LogP contribution in [0.25, 0.3) is 0 Å². The maximum Gasteiger partial charge on any atom is 0.243 e. The Kier molecular flexibility index (Phi) is 10.8. The lowest BCUT2D eigenvalue weighted by molar-refractivity contribution is -0.142. The molecule has 0 saturated heterocycles. The van der Waals surface area contributed by atoms with Gasteiger partial charge in [-0.3, -0.25) is 13.9 Å². The molecule has 0 saturated carbocycles. The number of hydrogen-bond donors (Lipinski definition) is 1. The quantitative estimate of drug-likeness (QED) is 0.421. The summed E-state index contributed by atoms with van der Waals surface area (Å²) in [5.41, 5.74) is 2.94. The van der Waals surface area contributed by atoms with Crippen molar-refractivity contribution in [1.29, 1.82) is 0 Å². The van der Waals surface area contributed by atoms with Crippen LogP contribution in [0, 0.1) is 13.8 Å². The minimum Gasteiger partial charge on any atom is -0.497 e. The predicted molar refractivity (Wildman–Crippen MR) is 153 cm³/mol. The van der Waals surface area contributed by atoms with Gasteiger partial charge in [-0.2, -0.15) is 0 Å². The van der Waals surface area contributed by atoms with Crippen molar-refractivity contribution in [1.82, 2.24) is 10.2 Å². The molecule has 1 atom stereocenters. The Hall–Kier alpha value is -3.07. The number of methoxy groups -OCH3 is 1. The zero-order valence-corrected chi connectivity index (χ0v) is 24.8. The normalized spacial score (nSPS) is 12.5. The van der Waals surface area contributed by atoms with Crippen molar-refractivity contribution in [2.45, 2.75) is 78.9 Å². The molecule has 0 spiro atoms. The van der Waals surface area contributed by atoms with Gasteiger partial charge in [0.1, 0.15) is 11.8 Å². The topological polar surface area (TPSA) is 96.0 Å². The number of carbonyl (C=O) groups is 2. The molecule has 38 heavy (non-hydrogen) atoms. The summed E-state index contributed by atoms with van der Waals surface area (Å²) in [6.45, 7) is 11.9. The molecule has 0 heterocycles. The van der Waals surface area contributed by atoms with Crippen LogP contribution in [-0.4, -0.2) is 56.6 Å². The van der Waals surface area contributed by atoms with E-state index in [1.165, 1.54) is 10.6 Å². The molecule has 1 unspecified atom stereocenters. The van der Waals surface area contributed by atoms with Gasteiger partial charge < -0.3 is 15.0 Å². The number of amides is 2. The molecule has 1 N–H and O–H groups in total. The van der Waals surface area contributed by atoms with Crippen molar-refractivity contribution in [2.24, 2.45) is 0 Å². The average molecular weight is 546 g/mol. The molecule has 210 valence electrons. The lowest BCUT2D eigenvalue weighted by atomic mass is 10.0. The van der Waals surface area contributed by atoms with E-state index in [4.69, 9.17) is 4.74 Å². The van der Waals surface area contributed by atoms with Crippen molar-refractivity contribution in [3.63, 3.8) is 0 Å². The van der Waals surface area contributed by atoms with Crippen LogP contribution < -0.4 is 14.4 Å². The fraction of sp³-hybridized carbons (Fsp3) is 0.517. The molecule has 0 bridgehead atoms. The van der Waals surface area contributed by atoms with E-state index in [1.807, 2.05) is 84.0 Å². The summed E-state index contributed by atoms with van der Waals surface area (Å²) in [5, 5.41) is 3.00. The van der Waals surface area contributed by atoms with Crippen LogP contribution in [0.4, 0.5) is 5.69 Å². The van der Waals surface area contributed by atoms with E-state index >= 15 is 0 Å². The first-order valence-electron chi connectivity index (χ1n) is 12.9. The number of sulfonamides is 1. The van der Waals surface area contributed by atoms with Gasteiger partial charge in [0.25, 0.3) is 0 Å². The first-order valence-corrected chi connectivity index (χ1v) is 14.8. The molecule has 0 aliphatic carbocycles. The summed E-state index contributed by atoms with van der Waals surface area (Å²) >= 11 is 0. The van der Waals surface area contributed by atoms with Crippen molar-refractivity contribution < 1.29 is 22.7 Å². The van der Waals surface area contributed by atoms with Gasteiger partial charge in [-0.1, -0.05) is 25.1 Å². The third kappa shape index (κ3) is 9.35. The van der Waals surface area contributed by atoms with E-state index < -0.39 is 21.6 Å². The second kappa shape index (κ2) is 13.1. The number of carbonyl (C=O) groups excluding carboxylic acids is 2. The van der Waals surface area contributed by atoms with Crippen molar-refractivity contribution in [3.05, 3.63) is 59.2 Å². The van der Waals surface area contributed by atoms with E-state index in [1.54, 1.807) is 12.0 Å². The second-order valence-corrected chi connectivity index (χ2v) is 12.7. The van der Waals surface area contributed by atoms with Gasteiger partial charge in [0.15, 0.2) is 0 Å². The van der Waals surface area contributed by atoms with Gasteiger partial charge in [0.2, 0.25) is 21.8 Å². The highest BCUT2D eigenvalue weighted by Crippen LogP contribution is 2.23. The van der Waals surface area contributed by atoms with Crippen LogP contribution in [0.15, 0.2) is 42.5 Å². The third-order valence-corrected chi connectivity index (χ3v) is 7.24. The zero-order chi connectivity index (χ0) is 28.7.